The van der Waals surface area contributed by atoms with Gasteiger partial charge in [-0.05, 0) is 39.0 Å². The van der Waals surface area contributed by atoms with E-state index < -0.39 is 9.84 Å². The Labute approximate surface area is 152 Å². The van der Waals surface area contributed by atoms with Gasteiger partial charge in [0.05, 0.1) is 9.79 Å². The molecule has 0 radical (unpaired) electrons. The first-order valence-corrected chi connectivity index (χ1v) is 9.71. The van der Waals surface area contributed by atoms with Gasteiger partial charge in [0.15, 0.2) is 5.82 Å². The molecule has 0 amide bonds. The average Bonchev–Trinajstić information content (AvgIpc) is 2.99. The van der Waals surface area contributed by atoms with Crippen LogP contribution in [0.3, 0.4) is 0 Å². The highest BCUT2D eigenvalue weighted by molar-refractivity contribution is 7.91. The van der Waals surface area contributed by atoms with Crippen LogP contribution < -0.4 is 10.6 Å². The third-order valence-electron chi connectivity index (χ3n) is 3.56. The van der Waals surface area contributed by atoms with Crippen LogP contribution in [0.5, 0.6) is 0 Å². The molecule has 0 atom stereocenters. The molecule has 136 valence electrons. The van der Waals surface area contributed by atoms with Gasteiger partial charge in [0.25, 0.3) is 0 Å². The summed E-state index contributed by atoms with van der Waals surface area (Å²) in [5.74, 6) is 1.45. The quantitative estimate of drug-likeness (QED) is 0.613. The van der Waals surface area contributed by atoms with Gasteiger partial charge in [0, 0.05) is 23.9 Å². The number of H-pyrrole nitrogens is 1. The lowest BCUT2D eigenvalue weighted by Crippen LogP contribution is -2.13. The Morgan fingerprint density at radius 1 is 0.962 bits per heavy atom. The minimum atomic E-state index is -3.66. The maximum atomic E-state index is 13.0. The molecule has 0 spiro atoms. The SMILES string of the molecule is Cc1cc(Nc2cc(S(=O)(=O)c3ccccc3)cc(NC(C)C)n2)n[nH]1. The number of aromatic amines is 1. The fourth-order valence-corrected chi connectivity index (χ4v) is 3.76. The Morgan fingerprint density at radius 3 is 2.27 bits per heavy atom. The van der Waals surface area contributed by atoms with Crippen molar-refractivity contribution >= 4 is 27.3 Å². The van der Waals surface area contributed by atoms with Crippen LogP contribution >= 0.6 is 0 Å². The second-order valence-corrected chi connectivity index (χ2v) is 8.20. The predicted octanol–water partition coefficient (Wildman–Crippen LogP) is 3.51. The number of hydrogen-bond acceptors (Lipinski definition) is 6. The molecule has 3 aromatic rings. The lowest BCUT2D eigenvalue weighted by molar-refractivity contribution is 0.596. The lowest BCUT2D eigenvalue weighted by atomic mass is 10.3. The van der Waals surface area contributed by atoms with Crippen LogP contribution in [0.25, 0.3) is 0 Å². The number of pyridine rings is 1. The molecule has 0 unspecified atom stereocenters. The fourth-order valence-electron chi connectivity index (χ4n) is 2.44. The van der Waals surface area contributed by atoms with E-state index in [1.807, 2.05) is 26.8 Å². The van der Waals surface area contributed by atoms with E-state index in [2.05, 4.69) is 25.8 Å². The van der Waals surface area contributed by atoms with Crippen LogP contribution in [-0.2, 0) is 9.84 Å². The monoisotopic (exact) mass is 371 g/mol. The van der Waals surface area contributed by atoms with Crippen molar-refractivity contribution in [3.8, 4) is 0 Å². The van der Waals surface area contributed by atoms with E-state index in [1.54, 1.807) is 36.4 Å². The second kappa shape index (κ2) is 7.17. The predicted molar refractivity (Wildman–Crippen MR) is 101 cm³/mol. The van der Waals surface area contributed by atoms with Gasteiger partial charge in [0.2, 0.25) is 9.84 Å². The van der Waals surface area contributed by atoms with E-state index in [4.69, 9.17) is 0 Å². The van der Waals surface area contributed by atoms with E-state index in [0.717, 1.165) is 5.69 Å². The zero-order chi connectivity index (χ0) is 18.7. The molecule has 0 bridgehead atoms. The summed E-state index contributed by atoms with van der Waals surface area (Å²) < 4.78 is 26.0. The summed E-state index contributed by atoms with van der Waals surface area (Å²) in [4.78, 5) is 4.85. The van der Waals surface area contributed by atoms with Gasteiger partial charge < -0.3 is 10.6 Å². The van der Waals surface area contributed by atoms with Crippen LogP contribution in [0.2, 0.25) is 0 Å². The average molecular weight is 371 g/mol. The summed E-state index contributed by atoms with van der Waals surface area (Å²) in [6.07, 6.45) is 0. The number of nitrogens with one attached hydrogen (secondary N) is 3. The summed E-state index contributed by atoms with van der Waals surface area (Å²) in [5, 5.41) is 13.1. The molecule has 3 rings (SSSR count). The molecule has 3 N–H and O–H groups in total. The van der Waals surface area contributed by atoms with Crippen molar-refractivity contribution < 1.29 is 8.42 Å². The van der Waals surface area contributed by atoms with Crippen molar-refractivity contribution in [2.24, 2.45) is 0 Å². The minimum absolute atomic E-state index is 0.109. The Bertz CT molecular complexity index is 997. The molecule has 8 heteroatoms. The largest absolute Gasteiger partial charge is 0.368 e. The maximum absolute atomic E-state index is 13.0. The van der Waals surface area contributed by atoms with Crippen molar-refractivity contribution in [1.82, 2.24) is 15.2 Å². The number of sulfone groups is 1. The molecule has 1 aromatic carbocycles. The Kier molecular flexibility index (Phi) is 4.94. The Morgan fingerprint density at radius 2 is 1.65 bits per heavy atom. The summed E-state index contributed by atoms with van der Waals surface area (Å²) in [5.41, 5.74) is 0.890. The van der Waals surface area contributed by atoms with E-state index in [1.165, 1.54) is 6.07 Å². The Hall–Kier alpha value is -2.87. The first-order chi connectivity index (χ1) is 12.3. The third-order valence-corrected chi connectivity index (χ3v) is 5.31. The molecule has 0 fully saturated rings. The van der Waals surface area contributed by atoms with E-state index in [0.29, 0.717) is 17.5 Å². The zero-order valence-corrected chi connectivity index (χ0v) is 15.6. The smallest absolute Gasteiger partial charge is 0.206 e. The van der Waals surface area contributed by atoms with Crippen LogP contribution in [0, 0.1) is 6.92 Å². The molecule has 0 saturated carbocycles. The molecule has 0 saturated heterocycles. The molecule has 0 aliphatic heterocycles. The molecule has 0 aliphatic carbocycles. The maximum Gasteiger partial charge on any atom is 0.206 e. The molecule has 2 aromatic heterocycles. The fraction of sp³-hybridized carbons (Fsp3) is 0.222. The number of aromatic nitrogens is 3. The van der Waals surface area contributed by atoms with Gasteiger partial charge >= 0.3 is 0 Å². The van der Waals surface area contributed by atoms with Gasteiger partial charge in [-0.3, -0.25) is 5.10 Å². The molecule has 0 aliphatic rings. The van der Waals surface area contributed by atoms with Crippen molar-refractivity contribution in [2.45, 2.75) is 36.6 Å². The minimum Gasteiger partial charge on any atom is -0.368 e. The van der Waals surface area contributed by atoms with Gasteiger partial charge in [0.1, 0.15) is 11.6 Å². The number of anilines is 3. The van der Waals surface area contributed by atoms with Crippen LogP contribution in [0.1, 0.15) is 19.5 Å². The third kappa shape index (κ3) is 4.02. The standard InChI is InChI=1S/C18H21N5O2S/c1-12(2)19-16-10-15(26(24,25)14-7-5-4-6-8-14)11-17(20-16)21-18-9-13(3)22-23-18/h4-12H,1-3H3,(H3,19,20,21,22,23). The van der Waals surface area contributed by atoms with Crippen molar-refractivity contribution in [1.29, 1.82) is 0 Å². The summed E-state index contributed by atoms with van der Waals surface area (Å²) in [6.45, 7) is 5.81. The van der Waals surface area contributed by atoms with Gasteiger partial charge in [-0.1, -0.05) is 18.2 Å². The molecular weight excluding hydrogens is 350 g/mol. The van der Waals surface area contributed by atoms with Gasteiger partial charge in [-0.2, -0.15) is 5.10 Å². The van der Waals surface area contributed by atoms with Gasteiger partial charge in [-0.25, -0.2) is 13.4 Å². The highest BCUT2D eigenvalue weighted by Crippen LogP contribution is 2.26. The number of aryl methyl sites for hydroxylation is 1. The number of nitrogens with zero attached hydrogens (tertiary/aromatic N) is 2. The number of benzene rings is 1. The number of hydrogen-bond donors (Lipinski definition) is 3. The summed E-state index contributed by atoms with van der Waals surface area (Å²) >= 11 is 0. The topological polar surface area (TPSA) is 99.8 Å². The van der Waals surface area contributed by atoms with Crippen LogP contribution in [-0.4, -0.2) is 29.6 Å². The van der Waals surface area contributed by atoms with Crippen molar-refractivity contribution in [2.75, 3.05) is 10.6 Å². The molecule has 7 nitrogen and oxygen atoms in total. The Balaban J connectivity index is 2.05. The van der Waals surface area contributed by atoms with E-state index in [-0.39, 0.29) is 15.8 Å². The van der Waals surface area contributed by atoms with Gasteiger partial charge in [-0.15, -0.1) is 0 Å². The number of rotatable bonds is 6. The second-order valence-electron chi connectivity index (χ2n) is 6.25. The van der Waals surface area contributed by atoms with E-state index >= 15 is 0 Å². The summed E-state index contributed by atoms with van der Waals surface area (Å²) in [6, 6.07) is 13.3. The molecular formula is C18H21N5O2S. The zero-order valence-electron chi connectivity index (χ0n) is 14.8. The first-order valence-electron chi connectivity index (χ1n) is 8.22. The summed E-state index contributed by atoms with van der Waals surface area (Å²) in [7, 11) is -3.66. The van der Waals surface area contributed by atoms with Crippen molar-refractivity contribution in [3.05, 3.63) is 54.2 Å². The highest BCUT2D eigenvalue weighted by Gasteiger charge is 2.20. The highest BCUT2D eigenvalue weighted by atomic mass is 32.2. The lowest BCUT2D eigenvalue weighted by Gasteiger charge is -2.13. The molecule has 2 heterocycles. The van der Waals surface area contributed by atoms with E-state index in [9.17, 15) is 8.42 Å². The van der Waals surface area contributed by atoms with Crippen LogP contribution in [0.4, 0.5) is 17.5 Å². The normalized spacial score (nSPS) is 11.5. The first kappa shape index (κ1) is 17.9. The molecule has 26 heavy (non-hydrogen) atoms. The van der Waals surface area contributed by atoms with Crippen molar-refractivity contribution in [3.63, 3.8) is 0 Å². The van der Waals surface area contributed by atoms with Crippen LogP contribution in [0.15, 0.2) is 58.3 Å².